The normalized spacial score (nSPS) is 12.2. The van der Waals surface area contributed by atoms with Crippen molar-refractivity contribution in [1.29, 1.82) is 0 Å². The molecule has 0 aliphatic rings. The average molecular weight is 440 g/mol. The van der Waals surface area contributed by atoms with E-state index in [2.05, 4.69) is 5.32 Å². The molecule has 0 aromatic heterocycles. The first-order valence-electron chi connectivity index (χ1n) is 9.02. The lowest BCUT2D eigenvalue weighted by molar-refractivity contribution is -0.121. The largest absolute Gasteiger partial charge is 0.495 e. The quantitative estimate of drug-likeness (QED) is 0.650. The third-order valence-electron chi connectivity index (χ3n) is 4.41. The summed E-state index contributed by atoms with van der Waals surface area (Å²) in [6.07, 6.45) is 1.04. The number of benzene rings is 2. The van der Waals surface area contributed by atoms with E-state index in [0.29, 0.717) is 23.9 Å². The Morgan fingerprint density at radius 2 is 1.86 bits per heavy atom. The van der Waals surface area contributed by atoms with Gasteiger partial charge in [-0.2, -0.15) is 0 Å². The highest BCUT2D eigenvalue weighted by Gasteiger charge is 2.31. The van der Waals surface area contributed by atoms with E-state index in [1.54, 1.807) is 12.1 Å². The SMILES string of the molecule is COc1ccc(Cl)cc1N(C(C)C(=O)NCCN(C)c1ccccc1)S(C)(=O)=O. The molecule has 0 radical (unpaired) electrons. The average Bonchev–Trinajstić information content (AvgIpc) is 2.67. The minimum Gasteiger partial charge on any atom is -0.495 e. The summed E-state index contributed by atoms with van der Waals surface area (Å²) in [5.41, 5.74) is 1.24. The number of nitrogens with one attached hydrogen (secondary N) is 1. The second kappa shape index (κ2) is 9.84. The molecular weight excluding hydrogens is 414 g/mol. The van der Waals surface area contributed by atoms with Crippen LogP contribution in [0.25, 0.3) is 0 Å². The van der Waals surface area contributed by atoms with E-state index in [0.717, 1.165) is 16.2 Å². The minimum absolute atomic E-state index is 0.214. The van der Waals surface area contributed by atoms with Crippen LogP contribution in [0.15, 0.2) is 48.5 Å². The molecule has 158 valence electrons. The molecule has 0 bridgehead atoms. The maximum Gasteiger partial charge on any atom is 0.243 e. The third-order valence-corrected chi connectivity index (χ3v) is 5.87. The van der Waals surface area contributed by atoms with Crippen LogP contribution in [0, 0.1) is 0 Å². The topological polar surface area (TPSA) is 79.0 Å². The molecule has 0 aliphatic carbocycles. The smallest absolute Gasteiger partial charge is 0.243 e. The number of likely N-dealkylation sites (N-methyl/N-ethyl adjacent to an activating group) is 1. The molecule has 1 N–H and O–H groups in total. The van der Waals surface area contributed by atoms with Crippen LogP contribution in [0.3, 0.4) is 0 Å². The van der Waals surface area contributed by atoms with Gasteiger partial charge in [0.15, 0.2) is 0 Å². The van der Waals surface area contributed by atoms with Crippen molar-refractivity contribution >= 4 is 38.9 Å². The molecule has 29 heavy (non-hydrogen) atoms. The first kappa shape index (κ1) is 22.8. The molecule has 7 nitrogen and oxygen atoms in total. The second-order valence-corrected chi connectivity index (χ2v) is 8.89. The number of carbonyl (C=O) groups excluding carboxylic acids is 1. The lowest BCUT2D eigenvalue weighted by Gasteiger charge is -2.29. The van der Waals surface area contributed by atoms with Crippen molar-refractivity contribution in [2.24, 2.45) is 0 Å². The fourth-order valence-electron chi connectivity index (χ4n) is 2.92. The summed E-state index contributed by atoms with van der Waals surface area (Å²) < 4.78 is 31.2. The van der Waals surface area contributed by atoms with E-state index in [-0.39, 0.29) is 5.69 Å². The number of sulfonamides is 1. The number of rotatable bonds is 9. The number of anilines is 2. The van der Waals surface area contributed by atoms with Crippen molar-refractivity contribution in [1.82, 2.24) is 5.32 Å². The number of hydrogen-bond acceptors (Lipinski definition) is 5. The maximum absolute atomic E-state index is 12.7. The first-order valence-corrected chi connectivity index (χ1v) is 11.2. The Labute approximate surface area is 177 Å². The maximum atomic E-state index is 12.7. The fourth-order valence-corrected chi connectivity index (χ4v) is 4.26. The number of carbonyl (C=O) groups is 1. The molecule has 2 aromatic carbocycles. The van der Waals surface area contributed by atoms with Crippen LogP contribution in [0.1, 0.15) is 6.92 Å². The second-order valence-electron chi connectivity index (χ2n) is 6.60. The summed E-state index contributed by atoms with van der Waals surface area (Å²) in [7, 11) is -0.423. The van der Waals surface area contributed by atoms with Crippen LogP contribution in [0.2, 0.25) is 5.02 Å². The van der Waals surface area contributed by atoms with Crippen molar-refractivity contribution in [2.45, 2.75) is 13.0 Å². The molecule has 2 aromatic rings. The summed E-state index contributed by atoms with van der Waals surface area (Å²) in [4.78, 5) is 14.7. The Morgan fingerprint density at radius 3 is 2.45 bits per heavy atom. The van der Waals surface area contributed by atoms with Crippen LogP contribution < -0.4 is 19.3 Å². The van der Waals surface area contributed by atoms with Crippen molar-refractivity contribution in [2.75, 3.05) is 42.7 Å². The molecule has 0 spiro atoms. The van der Waals surface area contributed by atoms with E-state index < -0.39 is 22.0 Å². The minimum atomic E-state index is -3.77. The van der Waals surface area contributed by atoms with Crippen LogP contribution in [-0.2, 0) is 14.8 Å². The Balaban J connectivity index is 2.13. The van der Waals surface area contributed by atoms with E-state index in [1.165, 1.54) is 20.1 Å². The van der Waals surface area contributed by atoms with Gasteiger partial charge in [-0.25, -0.2) is 8.42 Å². The van der Waals surface area contributed by atoms with E-state index in [9.17, 15) is 13.2 Å². The van der Waals surface area contributed by atoms with Gasteiger partial charge < -0.3 is 15.0 Å². The number of hydrogen-bond donors (Lipinski definition) is 1. The molecule has 0 aliphatic heterocycles. The number of methoxy groups -OCH3 is 1. The number of amides is 1. The van der Waals surface area contributed by atoms with E-state index in [4.69, 9.17) is 16.3 Å². The predicted molar refractivity (Wildman–Crippen MR) is 118 cm³/mol. The zero-order chi connectivity index (χ0) is 21.6. The van der Waals surface area contributed by atoms with Gasteiger partial charge in [0, 0.05) is 30.8 Å². The van der Waals surface area contributed by atoms with Gasteiger partial charge in [0.05, 0.1) is 19.1 Å². The summed E-state index contributed by atoms with van der Waals surface area (Å²) >= 11 is 6.05. The lowest BCUT2D eigenvalue weighted by Crippen LogP contribution is -2.49. The molecule has 9 heteroatoms. The van der Waals surface area contributed by atoms with E-state index in [1.807, 2.05) is 42.3 Å². The predicted octanol–water partition coefficient (Wildman–Crippen LogP) is 2.76. The van der Waals surface area contributed by atoms with Gasteiger partial charge in [0.2, 0.25) is 15.9 Å². The highest BCUT2D eigenvalue weighted by Crippen LogP contribution is 2.34. The Kier molecular flexibility index (Phi) is 7.75. The molecule has 1 amide bonds. The fraction of sp³-hybridized carbons (Fsp3) is 0.350. The molecule has 0 saturated carbocycles. The summed E-state index contributed by atoms with van der Waals surface area (Å²) in [6, 6.07) is 13.4. The zero-order valence-electron chi connectivity index (χ0n) is 16.9. The summed E-state index contributed by atoms with van der Waals surface area (Å²) in [5, 5.41) is 3.14. The monoisotopic (exact) mass is 439 g/mol. The van der Waals surface area contributed by atoms with Crippen molar-refractivity contribution in [3.8, 4) is 5.75 Å². The molecule has 0 fully saturated rings. The lowest BCUT2D eigenvalue weighted by atomic mass is 10.2. The van der Waals surface area contributed by atoms with Crippen LogP contribution in [-0.4, -0.2) is 53.9 Å². The van der Waals surface area contributed by atoms with Gasteiger partial charge in [-0.05, 0) is 37.3 Å². The standard InChI is InChI=1S/C20H26ClN3O4S/c1-15(20(25)22-12-13-23(2)17-8-6-5-7-9-17)24(29(4,26)27)18-14-16(21)10-11-19(18)28-3/h5-11,14-15H,12-13H2,1-4H3,(H,22,25). The molecule has 0 saturated heterocycles. The van der Waals surface area contributed by atoms with E-state index >= 15 is 0 Å². The van der Waals surface area contributed by atoms with Gasteiger partial charge in [-0.3, -0.25) is 9.10 Å². The number of ether oxygens (including phenoxy) is 1. The number of para-hydroxylation sites is 1. The summed E-state index contributed by atoms with van der Waals surface area (Å²) in [6.45, 7) is 2.46. The highest BCUT2D eigenvalue weighted by atomic mass is 35.5. The van der Waals surface area contributed by atoms with Crippen molar-refractivity contribution in [3.05, 3.63) is 53.6 Å². The van der Waals surface area contributed by atoms with Crippen LogP contribution in [0.4, 0.5) is 11.4 Å². The van der Waals surface area contributed by atoms with Gasteiger partial charge in [-0.1, -0.05) is 29.8 Å². The Morgan fingerprint density at radius 1 is 1.21 bits per heavy atom. The molecule has 1 atom stereocenters. The van der Waals surface area contributed by atoms with Crippen LogP contribution >= 0.6 is 11.6 Å². The van der Waals surface area contributed by atoms with Gasteiger partial charge in [-0.15, -0.1) is 0 Å². The molecule has 2 rings (SSSR count). The van der Waals surface area contributed by atoms with Crippen LogP contribution in [0.5, 0.6) is 5.75 Å². The van der Waals surface area contributed by atoms with Crippen molar-refractivity contribution in [3.63, 3.8) is 0 Å². The van der Waals surface area contributed by atoms with Crippen molar-refractivity contribution < 1.29 is 17.9 Å². The van der Waals surface area contributed by atoms with Gasteiger partial charge in [0.1, 0.15) is 11.8 Å². The number of nitrogens with zero attached hydrogens (tertiary/aromatic N) is 2. The third kappa shape index (κ3) is 6.01. The number of halogens is 1. The zero-order valence-corrected chi connectivity index (χ0v) is 18.5. The van der Waals surface area contributed by atoms with Gasteiger partial charge >= 0.3 is 0 Å². The van der Waals surface area contributed by atoms with Gasteiger partial charge in [0.25, 0.3) is 0 Å². The Bertz CT molecular complexity index is 938. The molecule has 0 heterocycles. The first-order chi connectivity index (χ1) is 13.6. The summed E-state index contributed by atoms with van der Waals surface area (Å²) in [5.74, 6) is -0.109. The molecular formula is C20H26ClN3O4S. The highest BCUT2D eigenvalue weighted by molar-refractivity contribution is 7.92. The Hall–Kier alpha value is -2.45. The molecule has 1 unspecified atom stereocenters.